The first-order valence-electron chi connectivity index (χ1n) is 7.54. The summed E-state index contributed by atoms with van der Waals surface area (Å²) in [6.45, 7) is 3.44. The molecule has 0 aliphatic rings. The summed E-state index contributed by atoms with van der Waals surface area (Å²) in [5, 5.41) is 0. The summed E-state index contributed by atoms with van der Waals surface area (Å²) < 4.78 is 6.77. The summed E-state index contributed by atoms with van der Waals surface area (Å²) in [7, 11) is 0. The third kappa shape index (κ3) is 4.49. The second-order valence-electron chi connectivity index (χ2n) is 5.47. The van der Waals surface area contributed by atoms with Gasteiger partial charge in [-0.05, 0) is 48.9 Å². The normalized spacial score (nSPS) is 10.8. The van der Waals surface area contributed by atoms with Crippen molar-refractivity contribution < 1.29 is 4.74 Å². The number of nitrogen functional groups attached to an aromatic ring is 2. The summed E-state index contributed by atoms with van der Waals surface area (Å²) in [6, 6.07) is 12.2. The van der Waals surface area contributed by atoms with E-state index in [-0.39, 0.29) is 0 Å². The van der Waals surface area contributed by atoms with E-state index in [1.54, 1.807) is 0 Å². The van der Waals surface area contributed by atoms with Gasteiger partial charge >= 0.3 is 0 Å². The van der Waals surface area contributed by atoms with E-state index in [9.17, 15) is 0 Å². The van der Waals surface area contributed by atoms with Gasteiger partial charge in [-0.15, -0.1) is 0 Å². The first kappa shape index (κ1) is 16.8. The molecular formula is C18H23BrN2O. The maximum Gasteiger partial charge on any atom is 0.0716 e. The van der Waals surface area contributed by atoms with Crippen molar-refractivity contribution in [1.82, 2.24) is 0 Å². The minimum atomic E-state index is 0.663. The second-order valence-corrected chi connectivity index (χ2v) is 6.27. The molecule has 3 nitrogen and oxygen atoms in total. The van der Waals surface area contributed by atoms with E-state index in [0.717, 1.165) is 35.9 Å². The zero-order valence-corrected chi connectivity index (χ0v) is 14.5. The first-order valence-corrected chi connectivity index (χ1v) is 8.33. The molecular weight excluding hydrogens is 340 g/mol. The van der Waals surface area contributed by atoms with Crippen molar-refractivity contribution in [3.05, 3.63) is 57.6 Å². The fourth-order valence-corrected chi connectivity index (χ4v) is 2.90. The van der Waals surface area contributed by atoms with Crippen molar-refractivity contribution in [2.75, 3.05) is 18.1 Å². The number of aryl methyl sites for hydroxylation is 1. The molecule has 0 aliphatic heterocycles. The van der Waals surface area contributed by atoms with E-state index in [1.165, 1.54) is 11.1 Å². The molecule has 4 heteroatoms. The molecule has 2 rings (SSSR count). The topological polar surface area (TPSA) is 61.3 Å². The molecule has 118 valence electrons. The Morgan fingerprint density at radius 1 is 1.09 bits per heavy atom. The van der Waals surface area contributed by atoms with Crippen LogP contribution in [-0.2, 0) is 17.8 Å². The molecule has 2 aromatic carbocycles. The van der Waals surface area contributed by atoms with Crippen LogP contribution in [0.4, 0.5) is 11.4 Å². The monoisotopic (exact) mass is 362 g/mol. The minimum absolute atomic E-state index is 0.663. The van der Waals surface area contributed by atoms with Crippen LogP contribution in [0.1, 0.15) is 29.5 Å². The molecule has 0 aromatic heterocycles. The number of halogens is 1. The number of ether oxygens (including phenoxy) is 1. The van der Waals surface area contributed by atoms with Gasteiger partial charge < -0.3 is 16.2 Å². The van der Waals surface area contributed by atoms with Crippen molar-refractivity contribution >= 4 is 27.3 Å². The van der Waals surface area contributed by atoms with Gasteiger partial charge in [0.2, 0.25) is 0 Å². The lowest BCUT2D eigenvalue weighted by atomic mass is 10.0. The van der Waals surface area contributed by atoms with Crippen molar-refractivity contribution in [1.29, 1.82) is 0 Å². The molecule has 0 fully saturated rings. The fourth-order valence-electron chi connectivity index (χ4n) is 2.37. The van der Waals surface area contributed by atoms with Crippen molar-refractivity contribution in [3.8, 4) is 0 Å². The molecule has 0 amide bonds. The van der Waals surface area contributed by atoms with Crippen molar-refractivity contribution in [3.63, 3.8) is 0 Å². The molecule has 0 unspecified atom stereocenters. The predicted molar refractivity (Wildman–Crippen MR) is 96.7 cm³/mol. The van der Waals surface area contributed by atoms with Crippen LogP contribution in [0.5, 0.6) is 0 Å². The Morgan fingerprint density at radius 3 is 2.55 bits per heavy atom. The van der Waals surface area contributed by atoms with Crippen molar-refractivity contribution in [2.24, 2.45) is 0 Å². The number of nitrogens with two attached hydrogens (primary N) is 2. The largest absolute Gasteiger partial charge is 0.397 e. The van der Waals surface area contributed by atoms with E-state index >= 15 is 0 Å². The summed E-state index contributed by atoms with van der Waals surface area (Å²) in [6.07, 6.45) is 3.07. The average molecular weight is 363 g/mol. The molecule has 0 saturated heterocycles. The highest BCUT2D eigenvalue weighted by atomic mass is 79.9. The Kier molecular flexibility index (Phi) is 6.28. The van der Waals surface area contributed by atoms with Gasteiger partial charge in [-0.2, -0.15) is 0 Å². The number of anilines is 2. The van der Waals surface area contributed by atoms with Crippen LogP contribution >= 0.6 is 15.9 Å². The molecule has 0 aliphatic carbocycles. The minimum Gasteiger partial charge on any atom is -0.397 e. The highest BCUT2D eigenvalue weighted by Crippen LogP contribution is 2.31. The van der Waals surface area contributed by atoms with Crippen LogP contribution in [0.2, 0.25) is 0 Å². The number of unbranched alkanes of at least 4 members (excludes halogenated alkanes) is 1. The van der Waals surface area contributed by atoms with Crippen LogP contribution in [0, 0.1) is 6.92 Å². The van der Waals surface area contributed by atoms with Crippen LogP contribution in [0.25, 0.3) is 0 Å². The van der Waals surface area contributed by atoms with E-state index in [2.05, 4.69) is 28.1 Å². The second kappa shape index (κ2) is 8.20. The van der Waals surface area contributed by atoms with Crippen LogP contribution in [0.3, 0.4) is 0 Å². The van der Waals surface area contributed by atoms with E-state index in [1.807, 2.05) is 31.2 Å². The molecule has 4 N–H and O–H groups in total. The maximum atomic E-state index is 5.94. The molecule has 2 aromatic rings. The molecule has 0 saturated carbocycles. The highest BCUT2D eigenvalue weighted by molar-refractivity contribution is 9.10. The summed E-state index contributed by atoms with van der Waals surface area (Å²) in [5.74, 6) is 0. The Balaban J connectivity index is 1.73. The van der Waals surface area contributed by atoms with Gasteiger partial charge in [0.1, 0.15) is 0 Å². The van der Waals surface area contributed by atoms with Gasteiger partial charge in [0.25, 0.3) is 0 Å². The highest BCUT2D eigenvalue weighted by Gasteiger charge is 2.09. The standard InChI is InChI=1S/C18H23BrN2O/c1-13-17(19)15(11-16(20)18(13)21)9-5-6-10-22-12-14-7-3-2-4-8-14/h2-4,7-8,11H,5-6,9-10,12,20-21H2,1H3. The lowest BCUT2D eigenvalue weighted by Gasteiger charge is -2.12. The molecule has 0 spiro atoms. The number of hydrogen-bond acceptors (Lipinski definition) is 3. The first-order chi connectivity index (χ1) is 10.6. The van der Waals surface area contributed by atoms with Crippen LogP contribution in [-0.4, -0.2) is 6.61 Å². The summed E-state index contributed by atoms with van der Waals surface area (Å²) >= 11 is 3.61. The van der Waals surface area contributed by atoms with Gasteiger partial charge in [0.05, 0.1) is 18.0 Å². The number of hydrogen-bond donors (Lipinski definition) is 2. The smallest absolute Gasteiger partial charge is 0.0716 e. The zero-order valence-electron chi connectivity index (χ0n) is 12.9. The third-order valence-electron chi connectivity index (χ3n) is 3.75. The Labute approximate surface area is 140 Å². The predicted octanol–water partition coefficient (Wildman–Crippen LogP) is 4.46. The lowest BCUT2D eigenvalue weighted by molar-refractivity contribution is 0.117. The number of rotatable bonds is 7. The molecule has 0 radical (unpaired) electrons. The zero-order chi connectivity index (χ0) is 15.9. The van der Waals surface area contributed by atoms with E-state index in [4.69, 9.17) is 16.2 Å². The van der Waals surface area contributed by atoms with E-state index in [0.29, 0.717) is 18.0 Å². The molecule has 0 bridgehead atoms. The van der Waals surface area contributed by atoms with Gasteiger partial charge in [-0.1, -0.05) is 46.3 Å². The quantitative estimate of drug-likeness (QED) is 0.564. The van der Waals surface area contributed by atoms with Gasteiger partial charge in [0, 0.05) is 11.1 Å². The molecule has 22 heavy (non-hydrogen) atoms. The lowest BCUT2D eigenvalue weighted by Crippen LogP contribution is -2.02. The van der Waals surface area contributed by atoms with Crippen LogP contribution < -0.4 is 11.5 Å². The maximum absolute atomic E-state index is 5.94. The number of benzene rings is 2. The van der Waals surface area contributed by atoms with Crippen LogP contribution in [0.15, 0.2) is 40.9 Å². The summed E-state index contributed by atoms with van der Waals surface area (Å²) in [5.41, 5.74) is 16.6. The SMILES string of the molecule is Cc1c(N)c(N)cc(CCCCOCc2ccccc2)c1Br. The third-order valence-corrected chi connectivity index (χ3v) is 4.86. The molecule has 0 atom stereocenters. The fraction of sp³-hybridized carbons (Fsp3) is 0.333. The summed E-state index contributed by atoms with van der Waals surface area (Å²) in [4.78, 5) is 0. The average Bonchev–Trinajstić information content (AvgIpc) is 2.54. The van der Waals surface area contributed by atoms with Gasteiger partial charge in [0.15, 0.2) is 0 Å². The van der Waals surface area contributed by atoms with E-state index < -0.39 is 0 Å². The van der Waals surface area contributed by atoms with Gasteiger partial charge in [-0.25, -0.2) is 0 Å². The van der Waals surface area contributed by atoms with Crippen molar-refractivity contribution in [2.45, 2.75) is 32.8 Å². The Hall–Kier alpha value is -1.52. The Morgan fingerprint density at radius 2 is 1.82 bits per heavy atom. The Bertz CT molecular complexity index is 614. The van der Waals surface area contributed by atoms with Gasteiger partial charge in [-0.3, -0.25) is 0 Å². The molecule has 0 heterocycles.